The van der Waals surface area contributed by atoms with Crippen molar-refractivity contribution in [3.05, 3.63) is 75.3 Å². The monoisotopic (exact) mass is 618 g/mol. The quantitative estimate of drug-likeness (QED) is 0.300. The van der Waals surface area contributed by atoms with Crippen molar-refractivity contribution < 1.29 is 26.4 Å². The number of pyridine rings is 1. The molecule has 1 amide bonds. The number of carbonyl (C=O) groups excluding carboxylic acids is 1. The molecule has 18 heteroatoms. The SMILES string of the molecule is CS(=O)(=O)CC(=O)NC(Cn1c(-c2ccc(Cl)cc2)nn(Cc2ncn(-c3ncccc3Cl)n2)c1=O)C(F)(F)F. The van der Waals surface area contributed by atoms with Gasteiger partial charge in [0.2, 0.25) is 5.91 Å². The van der Waals surface area contributed by atoms with Crippen LogP contribution in [0.15, 0.2) is 53.7 Å². The highest BCUT2D eigenvalue weighted by Gasteiger charge is 2.42. The molecule has 0 saturated heterocycles. The zero-order chi connectivity index (χ0) is 29.2. The van der Waals surface area contributed by atoms with Gasteiger partial charge in [-0.1, -0.05) is 23.2 Å². The number of hydrogen-bond donors (Lipinski definition) is 1. The first-order chi connectivity index (χ1) is 18.7. The molecule has 1 atom stereocenters. The average molecular weight is 619 g/mol. The van der Waals surface area contributed by atoms with Crippen LogP contribution in [0.25, 0.3) is 17.2 Å². The Kier molecular flexibility index (Phi) is 8.32. The van der Waals surface area contributed by atoms with Gasteiger partial charge >= 0.3 is 11.9 Å². The van der Waals surface area contributed by atoms with Crippen LogP contribution in [0.4, 0.5) is 13.2 Å². The first-order valence-corrected chi connectivity index (χ1v) is 14.0. The number of aromatic nitrogens is 7. The van der Waals surface area contributed by atoms with E-state index in [9.17, 15) is 31.2 Å². The van der Waals surface area contributed by atoms with Crippen LogP contribution < -0.4 is 11.0 Å². The summed E-state index contributed by atoms with van der Waals surface area (Å²) in [6.45, 7) is -1.43. The third kappa shape index (κ3) is 7.05. The van der Waals surface area contributed by atoms with Gasteiger partial charge in [0.25, 0.3) is 0 Å². The lowest BCUT2D eigenvalue weighted by molar-refractivity contribution is -0.163. The Hall–Kier alpha value is -3.76. The normalized spacial score (nSPS) is 12.8. The summed E-state index contributed by atoms with van der Waals surface area (Å²) in [6.07, 6.45) is -1.55. The molecule has 4 aromatic rings. The first kappa shape index (κ1) is 29.2. The van der Waals surface area contributed by atoms with E-state index in [1.807, 2.05) is 0 Å². The Morgan fingerprint density at radius 2 is 1.80 bits per heavy atom. The van der Waals surface area contributed by atoms with Crippen molar-refractivity contribution in [2.75, 3.05) is 12.0 Å². The fraction of sp³-hybridized carbons (Fsp3) is 0.273. The Morgan fingerprint density at radius 3 is 2.42 bits per heavy atom. The number of amides is 1. The molecule has 0 spiro atoms. The molecule has 0 aliphatic rings. The van der Waals surface area contributed by atoms with Crippen LogP contribution in [-0.2, 0) is 27.7 Å². The van der Waals surface area contributed by atoms with Gasteiger partial charge in [-0.15, -0.1) is 10.2 Å². The maximum Gasteiger partial charge on any atom is 0.410 e. The van der Waals surface area contributed by atoms with Gasteiger partial charge in [0.1, 0.15) is 24.7 Å². The largest absolute Gasteiger partial charge is 0.410 e. The number of nitrogens with one attached hydrogen (secondary N) is 1. The highest BCUT2D eigenvalue weighted by atomic mass is 35.5. The van der Waals surface area contributed by atoms with Crippen molar-refractivity contribution >= 4 is 38.9 Å². The maximum atomic E-state index is 13.9. The smallest absolute Gasteiger partial charge is 0.342 e. The number of nitrogens with zero attached hydrogens (tertiary/aromatic N) is 7. The average Bonchev–Trinajstić information content (AvgIpc) is 3.43. The van der Waals surface area contributed by atoms with Crippen LogP contribution in [-0.4, -0.2) is 72.6 Å². The van der Waals surface area contributed by atoms with Crippen molar-refractivity contribution in [1.29, 1.82) is 0 Å². The van der Waals surface area contributed by atoms with Crippen LogP contribution in [0.3, 0.4) is 0 Å². The van der Waals surface area contributed by atoms with Crippen molar-refractivity contribution in [2.45, 2.75) is 25.3 Å². The number of rotatable bonds is 9. The van der Waals surface area contributed by atoms with E-state index in [1.54, 1.807) is 17.4 Å². The summed E-state index contributed by atoms with van der Waals surface area (Å²) in [5, 5.41) is 10.7. The molecule has 3 heterocycles. The molecule has 12 nitrogen and oxygen atoms in total. The van der Waals surface area contributed by atoms with Crippen LogP contribution in [0.2, 0.25) is 10.0 Å². The van der Waals surface area contributed by atoms with Crippen LogP contribution in [0.5, 0.6) is 0 Å². The van der Waals surface area contributed by atoms with Crippen molar-refractivity contribution in [1.82, 2.24) is 39.4 Å². The third-order valence-corrected chi connectivity index (χ3v) is 6.63. The molecule has 212 valence electrons. The minimum absolute atomic E-state index is 0.0740. The molecule has 3 aromatic heterocycles. The molecule has 4 rings (SSSR count). The zero-order valence-corrected chi connectivity index (χ0v) is 22.7. The van der Waals surface area contributed by atoms with E-state index in [2.05, 4.69) is 20.2 Å². The fourth-order valence-electron chi connectivity index (χ4n) is 3.56. The number of hydrogen-bond acceptors (Lipinski definition) is 8. The molecule has 0 radical (unpaired) electrons. The van der Waals surface area contributed by atoms with E-state index in [1.165, 1.54) is 41.5 Å². The van der Waals surface area contributed by atoms with Gasteiger partial charge in [0.15, 0.2) is 27.3 Å². The molecule has 40 heavy (non-hydrogen) atoms. The minimum Gasteiger partial charge on any atom is -0.342 e. The lowest BCUT2D eigenvalue weighted by atomic mass is 10.2. The van der Waals surface area contributed by atoms with E-state index in [0.717, 1.165) is 4.68 Å². The number of benzene rings is 1. The molecule has 0 aliphatic heterocycles. The molecular weight excluding hydrogens is 600 g/mol. The van der Waals surface area contributed by atoms with E-state index in [4.69, 9.17) is 23.2 Å². The Labute approximate surface area is 234 Å². The molecule has 0 saturated carbocycles. The van der Waals surface area contributed by atoms with Crippen molar-refractivity contribution in [3.63, 3.8) is 0 Å². The van der Waals surface area contributed by atoms with Crippen molar-refractivity contribution in [3.8, 4) is 17.2 Å². The fourth-order valence-corrected chi connectivity index (χ4v) is 4.45. The van der Waals surface area contributed by atoms with Crippen LogP contribution in [0, 0.1) is 0 Å². The first-order valence-electron chi connectivity index (χ1n) is 11.2. The van der Waals surface area contributed by atoms with Crippen LogP contribution in [0.1, 0.15) is 5.82 Å². The second-order valence-electron chi connectivity index (χ2n) is 8.53. The van der Waals surface area contributed by atoms with Crippen molar-refractivity contribution in [2.24, 2.45) is 0 Å². The Morgan fingerprint density at radius 1 is 1.10 bits per heavy atom. The molecular formula is C22H19Cl2F3N8O4S. The van der Waals surface area contributed by atoms with E-state index in [-0.39, 0.29) is 34.6 Å². The summed E-state index contributed by atoms with van der Waals surface area (Å²) in [4.78, 5) is 33.5. The van der Waals surface area contributed by atoms with Crippen LogP contribution >= 0.6 is 23.2 Å². The van der Waals surface area contributed by atoms with E-state index < -0.39 is 45.9 Å². The second kappa shape index (κ2) is 11.4. The zero-order valence-electron chi connectivity index (χ0n) is 20.4. The Balaban J connectivity index is 1.71. The van der Waals surface area contributed by atoms with Gasteiger partial charge in [-0.25, -0.2) is 32.5 Å². The molecule has 1 aromatic carbocycles. The number of alkyl halides is 3. The summed E-state index contributed by atoms with van der Waals surface area (Å²) >= 11 is 12.1. The second-order valence-corrected chi connectivity index (χ2v) is 11.5. The maximum absolute atomic E-state index is 13.9. The molecule has 0 fully saturated rings. The Bertz CT molecular complexity index is 1700. The topological polar surface area (TPSA) is 147 Å². The van der Waals surface area contributed by atoms with Gasteiger partial charge in [-0.05, 0) is 36.4 Å². The summed E-state index contributed by atoms with van der Waals surface area (Å²) in [5.41, 5.74) is -0.717. The number of sulfone groups is 1. The predicted molar refractivity (Wildman–Crippen MR) is 138 cm³/mol. The summed E-state index contributed by atoms with van der Waals surface area (Å²) < 4.78 is 67.3. The summed E-state index contributed by atoms with van der Waals surface area (Å²) in [7, 11) is -3.91. The minimum atomic E-state index is -5.03. The summed E-state index contributed by atoms with van der Waals surface area (Å²) in [5.74, 6) is -2.36. The summed E-state index contributed by atoms with van der Waals surface area (Å²) in [6, 6.07) is 6.41. The number of halogens is 5. The lowest BCUT2D eigenvalue weighted by Crippen LogP contribution is -2.50. The highest BCUT2D eigenvalue weighted by Crippen LogP contribution is 2.24. The van der Waals surface area contributed by atoms with Gasteiger partial charge in [-0.3, -0.25) is 9.36 Å². The molecule has 0 bridgehead atoms. The molecule has 1 N–H and O–H groups in total. The van der Waals surface area contributed by atoms with E-state index >= 15 is 0 Å². The highest BCUT2D eigenvalue weighted by molar-refractivity contribution is 7.91. The van der Waals surface area contributed by atoms with Gasteiger partial charge in [0, 0.05) is 23.0 Å². The van der Waals surface area contributed by atoms with Gasteiger partial charge in [0.05, 0.1) is 11.6 Å². The predicted octanol–water partition coefficient (Wildman–Crippen LogP) is 2.13. The lowest BCUT2D eigenvalue weighted by Gasteiger charge is -2.22. The van der Waals surface area contributed by atoms with E-state index in [0.29, 0.717) is 15.8 Å². The molecule has 1 unspecified atom stereocenters. The van der Waals surface area contributed by atoms with Gasteiger partial charge < -0.3 is 5.32 Å². The number of carbonyl (C=O) groups is 1. The molecule has 0 aliphatic carbocycles. The third-order valence-electron chi connectivity index (χ3n) is 5.30. The van der Waals surface area contributed by atoms with Gasteiger partial charge in [-0.2, -0.15) is 13.2 Å². The standard InChI is InChI=1S/C22H19Cl2F3N8O4S/c1-40(38,39)11-18(36)30-16(22(25,26)27)9-33-19(13-4-6-14(23)7-5-13)32-34(21(33)37)10-17-29-12-35(31-17)20-15(24)3-2-8-28-20/h2-8,12,16H,9-11H2,1H3,(H,30,36).